The number of nitrogens with zero attached hydrogens (tertiary/aromatic N) is 1. The van der Waals surface area contributed by atoms with Crippen molar-refractivity contribution in [2.45, 2.75) is 26.3 Å². The van der Waals surface area contributed by atoms with Crippen molar-refractivity contribution in [2.75, 3.05) is 13.1 Å². The molecule has 1 aliphatic heterocycles. The number of likely N-dealkylation sites (tertiary alicyclic amines) is 1. The second-order valence-electron chi connectivity index (χ2n) is 4.90. The molecule has 0 radical (unpaired) electrons. The second kappa shape index (κ2) is 5.57. The zero-order valence-electron chi connectivity index (χ0n) is 10.5. The van der Waals surface area contributed by atoms with E-state index in [9.17, 15) is 13.6 Å². The lowest BCUT2D eigenvalue weighted by atomic mass is 9.93. The van der Waals surface area contributed by atoms with Crippen LogP contribution in [0, 0.1) is 17.6 Å². The van der Waals surface area contributed by atoms with Crippen LogP contribution in [0.5, 0.6) is 0 Å². The quantitative estimate of drug-likeness (QED) is 0.825. The molecule has 2 rings (SSSR count). The van der Waals surface area contributed by atoms with Crippen LogP contribution < -0.4 is 0 Å². The Morgan fingerprint density at radius 1 is 1.33 bits per heavy atom. The Bertz CT molecular complexity index is 439. The highest BCUT2D eigenvalue weighted by atomic mass is 19.1. The summed E-state index contributed by atoms with van der Waals surface area (Å²) in [5, 5.41) is 0. The molecule has 0 aromatic heterocycles. The minimum absolute atomic E-state index is 0.138. The van der Waals surface area contributed by atoms with Gasteiger partial charge in [0.2, 0.25) is 0 Å². The summed E-state index contributed by atoms with van der Waals surface area (Å²) in [6.07, 6.45) is 1.62. The van der Waals surface area contributed by atoms with Crippen molar-refractivity contribution in [3.05, 3.63) is 35.4 Å². The number of hydrogen-bond acceptors (Lipinski definition) is 2. The van der Waals surface area contributed by atoms with E-state index in [-0.39, 0.29) is 17.5 Å². The summed E-state index contributed by atoms with van der Waals surface area (Å²) in [5.41, 5.74) is 0.385. The van der Waals surface area contributed by atoms with E-state index in [0.717, 1.165) is 38.1 Å². The number of Topliss-reactive ketones (excluding diaryl/α,β-unsaturated/α-hetero) is 1. The molecule has 0 aliphatic carbocycles. The van der Waals surface area contributed by atoms with Gasteiger partial charge in [-0.25, -0.2) is 8.78 Å². The average Bonchev–Trinajstić information content (AvgIpc) is 2.34. The topological polar surface area (TPSA) is 20.3 Å². The van der Waals surface area contributed by atoms with E-state index >= 15 is 0 Å². The first-order valence-corrected chi connectivity index (χ1v) is 6.23. The molecule has 0 atom stereocenters. The van der Waals surface area contributed by atoms with Gasteiger partial charge in [-0.15, -0.1) is 0 Å². The molecule has 1 heterocycles. The number of hydrogen-bond donors (Lipinski definition) is 0. The Kier molecular flexibility index (Phi) is 4.07. The molecule has 2 nitrogen and oxygen atoms in total. The Balaban J connectivity index is 1.95. The summed E-state index contributed by atoms with van der Waals surface area (Å²) in [5.74, 6) is -0.416. The Labute approximate surface area is 106 Å². The standard InChI is InChI=1S/C14H17F2NO/c1-10(18)11-4-6-17(7-5-11)9-12-8-13(15)2-3-14(12)16/h2-3,8,11H,4-7,9H2,1H3. The van der Waals surface area contributed by atoms with E-state index < -0.39 is 5.82 Å². The van der Waals surface area contributed by atoms with Crippen LogP contribution in [0.4, 0.5) is 8.78 Å². The Morgan fingerprint density at radius 3 is 2.61 bits per heavy atom. The van der Waals surface area contributed by atoms with Gasteiger partial charge in [0, 0.05) is 18.0 Å². The fourth-order valence-corrected chi connectivity index (χ4v) is 2.40. The van der Waals surface area contributed by atoms with E-state index in [1.165, 1.54) is 6.07 Å². The third-order valence-electron chi connectivity index (χ3n) is 3.56. The van der Waals surface area contributed by atoms with Gasteiger partial charge >= 0.3 is 0 Å². The maximum atomic E-state index is 13.5. The van der Waals surface area contributed by atoms with E-state index in [1.54, 1.807) is 6.92 Å². The smallest absolute Gasteiger partial charge is 0.133 e. The van der Waals surface area contributed by atoms with Crippen molar-refractivity contribution in [3.8, 4) is 0 Å². The second-order valence-corrected chi connectivity index (χ2v) is 4.90. The van der Waals surface area contributed by atoms with Gasteiger partial charge < -0.3 is 0 Å². The van der Waals surface area contributed by atoms with Crippen molar-refractivity contribution in [1.82, 2.24) is 4.90 Å². The third kappa shape index (κ3) is 3.13. The van der Waals surface area contributed by atoms with Gasteiger partial charge in [0.05, 0.1) is 0 Å². The fourth-order valence-electron chi connectivity index (χ4n) is 2.40. The van der Waals surface area contributed by atoms with Gasteiger partial charge in [-0.1, -0.05) is 0 Å². The number of ketones is 1. The molecule has 1 aliphatic rings. The van der Waals surface area contributed by atoms with Crippen LogP contribution in [-0.2, 0) is 11.3 Å². The molecule has 4 heteroatoms. The highest BCUT2D eigenvalue weighted by Crippen LogP contribution is 2.20. The normalized spacial score (nSPS) is 17.9. The lowest BCUT2D eigenvalue weighted by molar-refractivity contribution is -0.122. The van der Waals surface area contributed by atoms with Crippen LogP contribution in [0.15, 0.2) is 18.2 Å². The first-order chi connectivity index (χ1) is 8.56. The number of rotatable bonds is 3. The lowest BCUT2D eigenvalue weighted by Crippen LogP contribution is -2.35. The van der Waals surface area contributed by atoms with Crippen LogP contribution in [-0.4, -0.2) is 23.8 Å². The monoisotopic (exact) mass is 253 g/mol. The number of halogens is 2. The molecule has 0 bridgehead atoms. The summed E-state index contributed by atoms with van der Waals surface area (Å²) < 4.78 is 26.5. The van der Waals surface area contributed by atoms with Gasteiger partial charge in [0.15, 0.2) is 0 Å². The molecule has 1 aromatic carbocycles. The third-order valence-corrected chi connectivity index (χ3v) is 3.56. The summed E-state index contributed by atoms with van der Waals surface area (Å²) in [6.45, 7) is 3.56. The molecule has 1 saturated heterocycles. The van der Waals surface area contributed by atoms with Crippen molar-refractivity contribution in [1.29, 1.82) is 0 Å². The van der Waals surface area contributed by atoms with Crippen LogP contribution in [0.2, 0.25) is 0 Å². The molecular formula is C14H17F2NO. The predicted octanol–water partition coefficient (Wildman–Crippen LogP) is 2.77. The van der Waals surface area contributed by atoms with E-state index in [0.29, 0.717) is 12.1 Å². The Hall–Kier alpha value is -1.29. The van der Waals surface area contributed by atoms with E-state index in [2.05, 4.69) is 4.90 Å². The van der Waals surface area contributed by atoms with Gasteiger partial charge in [0.25, 0.3) is 0 Å². The van der Waals surface area contributed by atoms with Gasteiger partial charge in [-0.05, 0) is 51.1 Å². The molecular weight excluding hydrogens is 236 g/mol. The summed E-state index contributed by atoms with van der Waals surface area (Å²) in [7, 11) is 0. The van der Waals surface area contributed by atoms with Crippen LogP contribution in [0.1, 0.15) is 25.3 Å². The number of carbonyl (C=O) groups excluding carboxylic acids is 1. The maximum Gasteiger partial charge on any atom is 0.133 e. The molecule has 0 amide bonds. The van der Waals surface area contributed by atoms with E-state index in [4.69, 9.17) is 0 Å². The molecule has 1 fully saturated rings. The molecule has 0 saturated carbocycles. The zero-order chi connectivity index (χ0) is 13.1. The number of piperidine rings is 1. The maximum absolute atomic E-state index is 13.5. The highest BCUT2D eigenvalue weighted by molar-refractivity contribution is 5.78. The summed E-state index contributed by atoms with van der Waals surface area (Å²) in [4.78, 5) is 13.3. The van der Waals surface area contributed by atoms with Crippen molar-refractivity contribution in [2.24, 2.45) is 5.92 Å². The number of carbonyl (C=O) groups is 1. The SMILES string of the molecule is CC(=O)C1CCN(Cc2cc(F)ccc2F)CC1. The van der Waals surface area contributed by atoms with Gasteiger partial charge in [-0.3, -0.25) is 9.69 Å². The highest BCUT2D eigenvalue weighted by Gasteiger charge is 2.22. The van der Waals surface area contributed by atoms with Gasteiger partial charge in [-0.2, -0.15) is 0 Å². The van der Waals surface area contributed by atoms with Crippen LogP contribution >= 0.6 is 0 Å². The molecule has 18 heavy (non-hydrogen) atoms. The molecule has 0 N–H and O–H groups in total. The minimum atomic E-state index is -0.412. The van der Waals surface area contributed by atoms with Crippen molar-refractivity contribution < 1.29 is 13.6 Å². The first kappa shape index (κ1) is 13.1. The largest absolute Gasteiger partial charge is 0.300 e. The van der Waals surface area contributed by atoms with Crippen LogP contribution in [0.25, 0.3) is 0 Å². The lowest BCUT2D eigenvalue weighted by Gasteiger charge is -2.30. The van der Waals surface area contributed by atoms with Crippen molar-refractivity contribution in [3.63, 3.8) is 0 Å². The molecule has 1 aromatic rings. The first-order valence-electron chi connectivity index (χ1n) is 6.23. The summed E-state index contributed by atoms with van der Waals surface area (Å²) in [6, 6.07) is 3.53. The molecule has 0 spiro atoms. The fraction of sp³-hybridized carbons (Fsp3) is 0.500. The average molecular weight is 253 g/mol. The minimum Gasteiger partial charge on any atom is -0.300 e. The van der Waals surface area contributed by atoms with Crippen molar-refractivity contribution >= 4 is 5.78 Å². The zero-order valence-corrected chi connectivity index (χ0v) is 10.5. The molecule has 98 valence electrons. The van der Waals surface area contributed by atoms with E-state index in [1.807, 2.05) is 0 Å². The predicted molar refractivity (Wildman–Crippen MR) is 65.0 cm³/mol. The molecule has 0 unspecified atom stereocenters. The van der Waals surface area contributed by atoms with Crippen LogP contribution in [0.3, 0.4) is 0 Å². The van der Waals surface area contributed by atoms with Gasteiger partial charge in [0.1, 0.15) is 17.4 Å². The Morgan fingerprint density at radius 2 is 2.00 bits per heavy atom. The summed E-state index contributed by atoms with van der Waals surface area (Å²) >= 11 is 0. The number of benzene rings is 1.